The number of hydrogen-bond donors (Lipinski definition) is 0. The van der Waals surface area contributed by atoms with E-state index in [1.54, 1.807) is 5.82 Å². The molecule has 1 radical (unpaired) electrons. The molecule has 0 spiro atoms. The first kappa shape index (κ1) is 6.36. The summed E-state index contributed by atoms with van der Waals surface area (Å²) < 4.78 is 9.96. The van der Waals surface area contributed by atoms with Crippen LogP contribution < -0.4 is 0 Å². The summed E-state index contributed by atoms with van der Waals surface area (Å²) in [6.45, 7) is 0. The Labute approximate surface area is 48.1 Å². The van der Waals surface area contributed by atoms with E-state index in [1.807, 2.05) is 6.08 Å². The number of allylic oxidation sites excluding steroid dienone is 1. The molecule has 0 saturated heterocycles. The van der Waals surface area contributed by atoms with Crippen molar-refractivity contribution in [2.45, 2.75) is 0 Å². The van der Waals surface area contributed by atoms with Gasteiger partial charge in [0.05, 0.1) is 0 Å². The Balaban J connectivity index is 0.000000250. The van der Waals surface area contributed by atoms with Crippen molar-refractivity contribution in [2.24, 2.45) is 0 Å². The molecule has 3 heteroatoms. The quantitative estimate of drug-likeness (QED) is 0.368. The molecule has 0 N–H and O–H groups in total. The van der Waals surface area contributed by atoms with Crippen LogP contribution in [0.25, 0.3) is 0 Å². The number of rotatable bonds is 0. The second-order valence-electron chi connectivity index (χ2n) is 0.984. The van der Waals surface area contributed by atoms with Crippen molar-refractivity contribution >= 4 is 7.80 Å². The maximum atomic E-state index is 9.96. The molecule has 0 saturated carbocycles. The molecule has 0 aromatic carbocycles. The van der Waals surface area contributed by atoms with Gasteiger partial charge in [-0.2, -0.15) is 0 Å². The van der Waals surface area contributed by atoms with E-state index in [4.69, 9.17) is 0 Å². The van der Waals surface area contributed by atoms with Crippen molar-refractivity contribution in [3.63, 3.8) is 0 Å². The van der Waals surface area contributed by atoms with Crippen LogP contribution in [-0.2, 0) is 21.6 Å². The Morgan fingerprint density at radius 3 is 2.00 bits per heavy atom. The summed E-state index contributed by atoms with van der Waals surface area (Å²) in [7, 11) is -0.848. The fourth-order valence-electron chi connectivity index (χ4n) is 0.191. The molecular formula is C3H4MnOP+. The molecule has 6 heavy (non-hydrogen) atoms. The molecule has 1 aliphatic heterocycles. The minimum Gasteiger partial charge on any atom is -0.0684 e. The van der Waals surface area contributed by atoms with Gasteiger partial charge in [0, 0.05) is 23.1 Å². The van der Waals surface area contributed by atoms with Crippen molar-refractivity contribution in [3.8, 4) is 0 Å². The van der Waals surface area contributed by atoms with Gasteiger partial charge in [0.2, 0.25) is 0 Å². The largest absolute Gasteiger partial charge is 0.373 e. The maximum Gasteiger partial charge on any atom is 0.373 e. The van der Waals surface area contributed by atoms with E-state index >= 15 is 0 Å². The summed E-state index contributed by atoms with van der Waals surface area (Å²) in [5, 5.41) is 0. The van der Waals surface area contributed by atoms with Crippen molar-refractivity contribution in [2.75, 3.05) is 6.16 Å². The zero-order valence-corrected chi connectivity index (χ0v) is 5.17. The van der Waals surface area contributed by atoms with E-state index in [0.29, 0.717) is 0 Å². The minimum absolute atomic E-state index is 0. The third-order valence-electron chi connectivity index (χ3n) is 0.557. The predicted molar refractivity (Wildman–Crippen MR) is 21.6 cm³/mol. The van der Waals surface area contributed by atoms with E-state index in [2.05, 4.69) is 0 Å². The van der Waals surface area contributed by atoms with Gasteiger partial charge in [0.25, 0.3) is 0 Å². The SMILES string of the molecule is O=[P+]1C=CC1.[Mn]. The van der Waals surface area contributed by atoms with E-state index in [-0.39, 0.29) is 17.1 Å². The van der Waals surface area contributed by atoms with Gasteiger partial charge in [-0.1, -0.05) is 4.57 Å². The summed E-state index contributed by atoms with van der Waals surface area (Å²) in [5.74, 6) is 1.73. The molecule has 1 unspecified atom stereocenters. The van der Waals surface area contributed by atoms with Gasteiger partial charge in [-0.05, 0) is 0 Å². The molecular weight excluding hydrogens is 138 g/mol. The molecule has 0 bridgehead atoms. The smallest absolute Gasteiger partial charge is 0.0684 e. The third-order valence-corrected chi connectivity index (χ3v) is 1.67. The van der Waals surface area contributed by atoms with Gasteiger partial charge < -0.3 is 0 Å². The normalized spacial score (nSPS) is 21.7. The standard InChI is InChI=1S/C3H4OP.Mn/c4-5-2-1-3-5;/h1-2H,3H2;/q+1;. The first-order chi connectivity index (χ1) is 2.39. The van der Waals surface area contributed by atoms with Gasteiger partial charge in [-0.3, -0.25) is 0 Å². The maximum absolute atomic E-state index is 9.96. The average Bonchev–Trinajstić information content (AvgIpc) is 1.30. The molecule has 1 rings (SSSR count). The molecule has 0 amide bonds. The molecule has 1 heterocycles. The Morgan fingerprint density at radius 1 is 1.67 bits per heavy atom. The van der Waals surface area contributed by atoms with Gasteiger partial charge in [-0.15, -0.1) is 0 Å². The Morgan fingerprint density at radius 2 is 2.00 bits per heavy atom. The van der Waals surface area contributed by atoms with E-state index in [1.165, 1.54) is 0 Å². The van der Waals surface area contributed by atoms with E-state index < -0.39 is 7.80 Å². The Kier molecular flexibility index (Phi) is 2.67. The average molecular weight is 142 g/mol. The first-order valence-corrected chi connectivity index (χ1v) is 3.01. The molecule has 0 aromatic rings. The second-order valence-corrected chi connectivity index (χ2v) is 2.48. The molecule has 33 valence electrons. The first-order valence-electron chi connectivity index (χ1n) is 1.50. The fourth-order valence-corrected chi connectivity index (χ4v) is 0.574. The monoisotopic (exact) mass is 142 g/mol. The second kappa shape index (κ2) is 2.52. The summed E-state index contributed by atoms with van der Waals surface area (Å²) >= 11 is 0. The van der Waals surface area contributed by atoms with Crippen LogP contribution in [-0.4, -0.2) is 6.16 Å². The van der Waals surface area contributed by atoms with Gasteiger partial charge in [0.15, 0.2) is 12.0 Å². The van der Waals surface area contributed by atoms with Crippen LogP contribution in [0, 0.1) is 0 Å². The summed E-state index contributed by atoms with van der Waals surface area (Å²) in [6.07, 6.45) is 2.73. The summed E-state index contributed by atoms with van der Waals surface area (Å²) in [4.78, 5) is 0. The van der Waals surface area contributed by atoms with Crippen molar-refractivity contribution in [1.29, 1.82) is 0 Å². The summed E-state index contributed by atoms with van der Waals surface area (Å²) in [6, 6.07) is 0. The van der Waals surface area contributed by atoms with Crippen LogP contribution >= 0.6 is 7.80 Å². The van der Waals surface area contributed by atoms with Crippen LogP contribution in [0.1, 0.15) is 0 Å². The zero-order valence-electron chi connectivity index (χ0n) is 3.10. The molecule has 1 aliphatic rings. The van der Waals surface area contributed by atoms with Gasteiger partial charge in [-0.25, -0.2) is 0 Å². The Bertz CT molecular complexity index is 88.8. The topological polar surface area (TPSA) is 17.1 Å². The van der Waals surface area contributed by atoms with Crippen molar-refractivity contribution in [3.05, 3.63) is 11.9 Å². The molecule has 0 fully saturated rings. The van der Waals surface area contributed by atoms with Gasteiger partial charge >= 0.3 is 7.80 Å². The van der Waals surface area contributed by atoms with Crippen LogP contribution in [0.15, 0.2) is 11.9 Å². The zero-order chi connectivity index (χ0) is 3.70. The molecule has 1 atom stereocenters. The molecule has 0 aromatic heterocycles. The van der Waals surface area contributed by atoms with E-state index in [0.717, 1.165) is 6.16 Å². The molecule has 0 aliphatic carbocycles. The van der Waals surface area contributed by atoms with Crippen LogP contribution in [0.2, 0.25) is 0 Å². The van der Waals surface area contributed by atoms with Crippen LogP contribution in [0.5, 0.6) is 0 Å². The fraction of sp³-hybridized carbons (Fsp3) is 0.333. The van der Waals surface area contributed by atoms with Crippen molar-refractivity contribution < 1.29 is 21.6 Å². The van der Waals surface area contributed by atoms with Gasteiger partial charge in [0.1, 0.15) is 0 Å². The Hall–Kier alpha value is 0.359. The number of hydrogen-bond acceptors (Lipinski definition) is 1. The molecule has 1 nitrogen and oxygen atoms in total. The van der Waals surface area contributed by atoms with Crippen LogP contribution in [0.4, 0.5) is 0 Å². The van der Waals surface area contributed by atoms with Crippen molar-refractivity contribution in [1.82, 2.24) is 0 Å². The van der Waals surface area contributed by atoms with E-state index in [9.17, 15) is 4.57 Å². The minimum atomic E-state index is -0.848. The third kappa shape index (κ3) is 1.22. The predicted octanol–water partition coefficient (Wildman–Crippen LogP) is 1.34. The van der Waals surface area contributed by atoms with Crippen LogP contribution in [0.3, 0.4) is 0 Å². The summed E-state index contributed by atoms with van der Waals surface area (Å²) in [5.41, 5.74) is 0.